The van der Waals surface area contributed by atoms with Crippen molar-refractivity contribution < 1.29 is 4.79 Å². The van der Waals surface area contributed by atoms with Gasteiger partial charge in [0.2, 0.25) is 0 Å². The number of nitrogens with zero attached hydrogens (tertiary/aromatic N) is 3. The number of aromatic amines is 1. The zero-order valence-corrected chi connectivity index (χ0v) is 17.5. The van der Waals surface area contributed by atoms with Gasteiger partial charge in [-0.1, -0.05) is 43.3 Å². The zero-order chi connectivity index (χ0) is 21.0. The molecule has 1 aliphatic heterocycles. The highest BCUT2D eigenvalue weighted by Crippen LogP contribution is 2.56. The van der Waals surface area contributed by atoms with Gasteiger partial charge in [0, 0.05) is 35.9 Å². The SMILES string of the molecule is CC1CN(C(=O)c2cccc(-c3cnc4[nH]c(-c5ccccc5)cc4c3)n2)CC12CC2. The maximum absolute atomic E-state index is 13.1. The van der Waals surface area contributed by atoms with Crippen molar-refractivity contribution in [3.05, 3.63) is 72.6 Å². The predicted octanol–water partition coefficient (Wildman–Crippen LogP) is 5.16. The number of aromatic nitrogens is 3. The number of nitrogens with one attached hydrogen (secondary N) is 1. The van der Waals surface area contributed by atoms with Gasteiger partial charge in [-0.2, -0.15) is 0 Å². The topological polar surface area (TPSA) is 61.9 Å². The van der Waals surface area contributed by atoms with E-state index in [1.807, 2.05) is 47.5 Å². The number of carbonyl (C=O) groups excluding carboxylic acids is 1. The van der Waals surface area contributed by atoms with Crippen LogP contribution in [0.25, 0.3) is 33.5 Å². The fourth-order valence-corrected chi connectivity index (χ4v) is 4.90. The molecule has 1 saturated heterocycles. The van der Waals surface area contributed by atoms with Gasteiger partial charge in [-0.25, -0.2) is 9.97 Å². The van der Waals surface area contributed by atoms with Crippen LogP contribution in [0.3, 0.4) is 0 Å². The number of fused-ring (bicyclic) bond motifs is 1. The standard InChI is InChI=1S/C26H24N4O/c1-17-15-30(16-26(17)10-11-26)25(31)22-9-5-8-21(28-22)20-12-19-13-23(29-24(19)27-14-20)18-6-3-2-4-7-18/h2-9,12-14,17H,10-11,15-16H2,1H3,(H,27,29). The van der Waals surface area contributed by atoms with Crippen LogP contribution in [0.5, 0.6) is 0 Å². The molecule has 5 nitrogen and oxygen atoms in total. The second-order valence-electron chi connectivity index (χ2n) is 9.07. The molecule has 0 bridgehead atoms. The Morgan fingerprint density at radius 3 is 2.68 bits per heavy atom. The van der Waals surface area contributed by atoms with Crippen LogP contribution in [0.15, 0.2) is 66.9 Å². The monoisotopic (exact) mass is 408 g/mol. The molecule has 0 radical (unpaired) electrons. The summed E-state index contributed by atoms with van der Waals surface area (Å²) in [6.07, 6.45) is 4.32. The lowest BCUT2D eigenvalue weighted by atomic mass is 9.95. The van der Waals surface area contributed by atoms with Crippen LogP contribution < -0.4 is 0 Å². The number of pyridine rings is 2. The molecule has 154 valence electrons. The fourth-order valence-electron chi connectivity index (χ4n) is 4.90. The first kappa shape index (κ1) is 18.3. The molecule has 2 aliphatic rings. The van der Waals surface area contributed by atoms with Crippen molar-refractivity contribution >= 4 is 16.9 Å². The normalized spacial score (nSPS) is 19.3. The molecule has 1 spiro atoms. The molecule has 31 heavy (non-hydrogen) atoms. The number of rotatable bonds is 3. The maximum Gasteiger partial charge on any atom is 0.272 e. The van der Waals surface area contributed by atoms with E-state index < -0.39 is 0 Å². The summed E-state index contributed by atoms with van der Waals surface area (Å²) in [5.74, 6) is 0.623. The highest BCUT2D eigenvalue weighted by Gasteiger charge is 2.53. The Bertz CT molecular complexity index is 1290. The summed E-state index contributed by atoms with van der Waals surface area (Å²) in [5, 5.41) is 1.03. The molecule has 4 aromatic rings. The van der Waals surface area contributed by atoms with E-state index in [9.17, 15) is 4.79 Å². The van der Waals surface area contributed by atoms with Crippen LogP contribution in [0.1, 0.15) is 30.3 Å². The van der Waals surface area contributed by atoms with E-state index in [2.05, 4.69) is 41.2 Å². The van der Waals surface area contributed by atoms with Crippen molar-refractivity contribution in [2.45, 2.75) is 19.8 Å². The van der Waals surface area contributed by atoms with Crippen LogP contribution in [-0.2, 0) is 0 Å². The molecule has 1 amide bonds. The maximum atomic E-state index is 13.1. The summed E-state index contributed by atoms with van der Waals surface area (Å²) in [7, 11) is 0. The van der Waals surface area contributed by atoms with E-state index in [1.165, 1.54) is 12.8 Å². The lowest BCUT2D eigenvalue weighted by molar-refractivity contribution is 0.0777. The molecule has 1 aromatic carbocycles. The van der Waals surface area contributed by atoms with E-state index in [0.29, 0.717) is 17.0 Å². The first-order valence-electron chi connectivity index (χ1n) is 10.9. The highest BCUT2D eigenvalue weighted by atomic mass is 16.2. The molecule has 1 atom stereocenters. The smallest absolute Gasteiger partial charge is 0.272 e. The number of hydrogen-bond acceptors (Lipinski definition) is 3. The number of H-pyrrole nitrogens is 1. The second kappa shape index (κ2) is 6.77. The largest absolute Gasteiger partial charge is 0.339 e. The van der Waals surface area contributed by atoms with E-state index in [4.69, 9.17) is 4.98 Å². The second-order valence-corrected chi connectivity index (χ2v) is 9.07. The molecule has 1 aliphatic carbocycles. The molecule has 1 saturated carbocycles. The van der Waals surface area contributed by atoms with Crippen molar-refractivity contribution in [1.82, 2.24) is 19.9 Å². The summed E-state index contributed by atoms with van der Waals surface area (Å²) < 4.78 is 0. The Morgan fingerprint density at radius 2 is 1.90 bits per heavy atom. The minimum Gasteiger partial charge on any atom is -0.339 e. The number of amides is 1. The van der Waals surface area contributed by atoms with E-state index in [0.717, 1.165) is 46.6 Å². The van der Waals surface area contributed by atoms with Crippen molar-refractivity contribution in [2.75, 3.05) is 13.1 Å². The molecular weight excluding hydrogens is 384 g/mol. The highest BCUT2D eigenvalue weighted by molar-refractivity contribution is 5.93. The van der Waals surface area contributed by atoms with Gasteiger partial charge in [-0.05, 0) is 54.0 Å². The molecule has 5 heteroatoms. The van der Waals surface area contributed by atoms with Crippen molar-refractivity contribution in [3.8, 4) is 22.5 Å². The zero-order valence-electron chi connectivity index (χ0n) is 17.5. The fraction of sp³-hybridized carbons (Fsp3) is 0.269. The van der Waals surface area contributed by atoms with Gasteiger partial charge in [-0.3, -0.25) is 4.79 Å². The van der Waals surface area contributed by atoms with Crippen LogP contribution >= 0.6 is 0 Å². The number of benzene rings is 1. The number of carbonyl (C=O) groups is 1. The Balaban J connectivity index is 1.30. The van der Waals surface area contributed by atoms with Gasteiger partial charge in [0.1, 0.15) is 11.3 Å². The van der Waals surface area contributed by atoms with Crippen molar-refractivity contribution in [1.29, 1.82) is 0 Å². The first-order valence-corrected chi connectivity index (χ1v) is 10.9. The Kier molecular flexibility index (Phi) is 4.00. The van der Waals surface area contributed by atoms with Gasteiger partial charge in [-0.15, -0.1) is 0 Å². The average molecular weight is 409 g/mol. The molecule has 2 fully saturated rings. The molecule has 6 rings (SSSR count). The van der Waals surface area contributed by atoms with Crippen molar-refractivity contribution in [3.63, 3.8) is 0 Å². The summed E-state index contributed by atoms with van der Waals surface area (Å²) in [5.41, 5.74) is 5.59. The first-order chi connectivity index (χ1) is 15.1. The summed E-state index contributed by atoms with van der Waals surface area (Å²) in [6.45, 7) is 3.98. The summed E-state index contributed by atoms with van der Waals surface area (Å²) >= 11 is 0. The lowest BCUT2D eigenvalue weighted by Gasteiger charge is -2.16. The number of likely N-dealkylation sites (tertiary alicyclic amines) is 1. The van der Waals surface area contributed by atoms with Gasteiger partial charge in [0.25, 0.3) is 5.91 Å². The van der Waals surface area contributed by atoms with E-state index in [1.54, 1.807) is 0 Å². The molecule has 1 unspecified atom stereocenters. The minimum atomic E-state index is 0.0412. The quantitative estimate of drug-likeness (QED) is 0.509. The molecule has 1 N–H and O–H groups in total. The predicted molar refractivity (Wildman–Crippen MR) is 121 cm³/mol. The third-order valence-corrected chi connectivity index (χ3v) is 7.04. The Morgan fingerprint density at radius 1 is 1.06 bits per heavy atom. The lowest BCUT2D eigenvalue weighted by Crippen LogP contribution is -2.29. The van der Waals surface area contributed by atoms with Crippen LogP contribution in [-0.4, -0.2) is 38.8 Å². The molecule has 3 aromatic heterocycles. The molecular formula is C26H24N4O. The van der Waals surface area contributed by atoms with E-state index >= 15 is 0 Å². The average Bonchev–Trinajstić information content (AvgIpc) is 3.35. The van der Waals surface area contributed by atoms with Gasteiger partial charge < -0.3 is 9.88 Å². The molecule has 4 heterocycles. The minimum absolute atomic E-state index is 0.0412. The van der Waals surface area contributed by atoms with Gasteiger partial charge >= 0.3 is 0 Å². The van der Waals surface area contributed by atoms with Gasteiger partial charge in [0.05, 0.1) is 5.69 Å². The Labute approximate surface area is 181 Å². The number of hydrogen-bond donors (Lipinski definition) is 1. The van der Waals surface area contributed by atoms with Gasteiger partial charge in [0.15, 0.2) is 0 Å². The van der Waals surface area contributed by atoms with Crippen molar-refractivity contribution in [2.24, 2.45) is 11.3 Å². The van der Waals surface area contributed by atoms with Crippen LogP contribution in [0.2, 0.25) is 0 Å². The van der Waals surface area contributed by atoms with E-state index in [-0.39, 0.29) is 5.91 Å². The van der Waals surface area contributed by atoms with Crippen LogP contribution in [0, 0.1) is 11.3 Å². The Hall–Kier alpha value is -3.47. The third kappa shape index (κ3) is 3.12. The third-order valence-electron chi connectivity index (χ3n) is 7.04. The summed E-state index contributed by atoms with van der Waals surface area (Å²) in [4.78, 5) is 27.8. The summed E-state index contributed by atoms with van der Waals surface area (Å²) in [6, 6.07) is 20.1. The van der Waals surface area contributed by atoms with Crippen LogP contribution in [0.4, 0.5) is 0 Å².